The summed E-state index contributed by atoms with van der Waals surface area (Å²) < 4.78 is 0. The smallest absolute Gasteiger partial charge is 0.0727 e. The topological polar surface area (TPSA) is 15.3 Å². The van der Waals surface area contributed by atoms with Crippen molar-refractivity contribution in [2.45, 2.75) is 25.0 Å². The average Bonchev–Trinajstić information content (AvgIpc) is 3.68. The molecule has 1 heterocycles. The summed E-state index contributed by atoms with van der Waals surface area (Å²) in [6.45, 7) is 0. The summed E-state index contributed by atoms with van der Waals surface area (Å²) in [4.78, 5) is 7.44. The van der Waals surface area contributed by atoms with Gasteiger partial charge in [-0.1, -0.05) is 145 Å². The summed E-state index contributed by atoms with van der Waals surface area (Å²) in [7, 11) is 0. The first kappa shape index (κ1) is 30.7. The third-order valence-electron chi connectivity index (χ3n) is 10.9. The van der Waals surface area contributed by atoms with Crippen molar-refractivity contribution in [1.29, 1.82) is 0 Å². The normalized spacial score (nSPS) is 15.6. The predicted octanol–water partition coefficient (Wildman–Crippen LogP) is 13.9. The van der Waals surface area contributed by atoms with Gasteiger partial charge in [-0.15, -0.1) is 0 Å². The summed E-state index contributed by atoms with van der Waals surface area (Å²) in [6, 6.07) is 69.0. The highest BCUT2D eigenvalue weighted by atomic mass is 32.2. The molecule has 4 heteroatoms. The summed E-state index contributed by atoms with van der Waals surface area (Å²) >= 11 is 3.64. The van der Waals surface area contributed by atoms with Gasteiger partial charge >= 0.3 is 0 Å². The lowest BCUT2D eigenvalue weighted by atomic mass is 9.70. The van der Waals surface area contributed by atoms with E-state index in [0.29, 0.717) is 0 Å². The van der Waals surface area contributed by atoms with Crippen LogP contribution in [0.15, 0.2) is 208 Å². The molecule has 250 valence electrons. The number of nitrogens with one attached hydrogen (secondary N) is 1. The second kappa shape index (κ2) is 12.1. The summed E-state index contributed by atoms with van der Waals surface area (Å²) in [5, 5.41) is 3.86. The van der Waals surface area contributed by atoms with Gasteiger partial charge in [-0.05, 0) is 106 Å². The van der Waals surface area contributed by atoms with Gasteiger partial charge in [0.05, 0.1) is 28.2 Å². The highest BCUT2D eigenvalue weighted by Crippen LogP contribution is 2.65. The van der Waals surface area contributed by atoms with E-state index in [1.165, 1.54) is 81.2 Å². The van der Waals surface area contributed by atoms with Crippen LogP contribution in [0.2, 0.25) is 0 Å². The van der Waals surface area contributed by atoms with E-state index in [1.54, 1.807) is 11.8 Å². The van der Waals surface area contributed by atoms with Gasteiger partial charge in [0.1, 0.15) is 0 Å². The average molecular weight is 713 g/mol. The second-order valence-corrected chi connectivity index (χ2v) is 15.9. The van der Waals surface area contributed by atoms with Crippen LogP contribution >= 0.6 is 23.5 Å². The molecule has 1 unspecified atom stereocenters. The molecule has 0 amide bonds. The van der Waals surface area contributed by atoms with Crippen molar-refractivity contribution in [3.05, 3.63) is 210 Å². The van der Waals surface area contributed by atoms with Crippen LogP contribution in [0, 0.1) is 0 Å². The molecule has 1 aliphatic heterocycles. The molecule has 53 heavy (non-hydrogen) atoms. The lowest BCUT2D eigenvalue weighted by molar-refractivity contribution is 0.794. The van der Waals surface area contributed by atoms with Crippen molar-refractivity contribution in [2.75, 3.05) is 10.2 Å². The number of hydrogen-bond donors (Lipinski definition) is 1. The van der Waals surface area contributed by atoms with Crippen molar-refractivity contribution < 1.29 is 0 Å². The number of para-hydroxylation sites is 3. The minimum absolute atomic E-state index is 0.479. The molecule has 2 aliphatic carbocycles. The van der Waals surface area contributed by atoms with Crippen molar-refractivity contribution in [2.24, 2.45) is 0 Å². The molecule has 8 aromatic carbocycles. The molecule has 0 bridgehead atoms. The van der Waals surface area contributed by atoms with E-state index in [-0.39, 0.29) is 0 Å². The fraction of sp³-hybridized carbons (Fsp3) is 0.0204. The van der Waals surface area contributed by atoms with Crippen LogP contribution in [0.25, 0.3) is 22.3 Å². The Morgan fingerprint density at radius 3 is 1.83 bits per heavy atom. The molecule has 0 saturated heterocycles. The van der Waals surface area contributed by atoms with Crippen LogP contribution < -0.4 is 10.2 Å². The molecule has 3 aliphatic rings. The first-order valence-corrected chi connectivity index (χ1v) is 19.6. The van der Waals surface area contributed by atoms with Gasteiger partial charge in [-0.2, -0.15) is 0 Å². The summed E-state index contributed by atoms with van der Waals surface area (Å²) in [6.07, 6.45) is 0. The van der Waals surface area contributed by atoms with Crippen LogP contribution in [0.1, 0.15) is 22.3 Å². The molecule has 0 aromatic heterocycles. The Bertz CT molecular complexity index is 2690. The highest BCUT2D eigenvalue weighted by Gasteiger charge is 2.52. The lowest BCUT2D eigenvalue weighted by Gasteiger charge is -2.35. The number of anilines is 5. The van der Waals surface area contributed by atoms with Crippen molar-refractivity contribution >= 4 is 52.0 Å². The van der Waals surface area contributed by atoms with Gasteiger partial charge in [-0.3, -0.25) is 0 Å². The molecule has 11 rings (SSSR count). The molecule has 1 N–H and O–H groups in total. The Hall–Kier alpha value is -5.94. The first-order chi connectivity index (χ1) is 26.3. The lowest BCUT2D eigenvalue weighted by Crippen LogP contribution is -2.26. The monoisotopic (exact) mass is 712 g/mol. The van der Waals surface area contributed by atoms with E-state index < -0.39 is 5.41 Å². The van der Waals surface area contributed by atoms with E-state index in [0.717, 1.165) is 11.4 Å². The highest BCUT2D eigenvalue weighted by molar-refractivity contribution is 8.00. The number of hydrogen-bond acceptors (Lipinski definition) is 4. The van der Waals surface area contributed by atoms with Crippen LogP contribution in [0.3, 0.4) is 0 Å². The molecule has 0 saturated carbocycles. The molecule has 0 fully saturated rings. The molecular formula is C49H32N2S2. The minimum Gasteiger partial charge on any atom is -0.355 e. The number of fused-ring (bicyclic) bond motifs is 12. The van der Waals surface area contributed by atoms with Crippen molar-refractivity contribution in [3.8, 4) is 22.3 Å². The maximum absolute atomic E-state index is 3.86. The fourth-order valence-electron chi connectivity index (χ4n) is 8.83. The SMILES string of the molecule is c1ccc(Sc2ccccc2Nc2ccc3c(c2)C2(c4ccccc4-3)c3ccccc3-c3c(N4c5ccccc5Sc5ccccc54)cccc32)cc1. The van der Waals surface area contributed by atoms with E-state index in [2.05, 4.69) is 198 Å². The zero-order valence-corrected chi connectivity index (χ0v) is 30.3. The summed E-state index contributed by atoms with van der Waals surface area (Å²) in [5.74, 6) is 0. The largest absolute Gasteiger partial charge is 0.355 e. The quantitative estimate of drug-likeness (QED) is 0.191. The van der Waals surface area contributed by atoms with Gasteiger partial charge in [0.2, 0.25) is 0 Å². The predicted molar refractivity (Wildman–Crippen MR) is 222 cm³/mol. The number of rotatable bonds is 5. The van der Waals surface area contributed by atoms with Crippen molar-refractivity contribution in [3.63, 3.8) is 0 Å². The standard InChI is InChI=1S/C49H32N2S2/c1-2-15-33(16-3-1)52-45-26-11-8-22-41(45)50-32-29-30-35-34-17-4-6-19-37(34)49(40(35)31-32)38-20-7-5-18-36(38)48-39(49)21-14-25-44(48)51-42-23-9-12-27-46(42)53-47-28-13-10-24-43(47)51/h1-31,50H. The first-order valence-electron chi connectivity index (χ1n) is 18.0. The Balaban J connectivity index is 1.13. The van der Waals surface area contributed by atoms with Crippen LogP contribution in [0.5, 0.6) is 0 Å². The van der Waals surface area contributed by atoms with E-state index in [9.17, 15) is 0 Å². The van der Waals surface area contributed by atoms with E-state index >= 15 is 0 Å². The van der Waals surface area contributed by atoms with E-state index in [1.807, 2.05) is 11.8 Å². The third kappa shape index (κ3) is 4.56. The summed E-state index contributed by atoms with van der Waals surface area (Å²) in [5.41, 5.74) is 15.8. The van der Waals surface area contributed by atoms with E-state index in [4.69, 9.17) is 0 Å². The maximum Gasteiger partial charge on any atom is 0.0727 e. The van der Waals surface area contributed by atoms with Gasteiger partial charge in [0.25, 0.3) is 0 Å². The maximum atomic E-state index is 3.86. The van der Waals surface area contributed by atoms with Gasteiger partial charge < -0.3 is 10.2 Å². The van der Waals surface area contributed by atoms with Crippen LogP contribution in [-0.4, -0.2) is 0 Å². The number of benzene rings is 8. The Morgan fingerprint density at radius 2 is 1.04 bits per heavy atom. The van der Waals surface area contributed by atoms with Gasteiger partial charge in [0.15, 0.2) is 0 Å². The molecule has 1 atom stereocenters. The molecule has 2 nitrogen and oxygen atoms in total. The molecular weight excluding hydrogens is 681 g/mol. The van der Waals surface area contributed by atoms with Crippen LogP contribution in [-0.2, 0) is 5.41 Å². The molecule has 8 aromatic rings. The van der Waals surface area contributed by atoms with Gasteiger partial charge in [0, 0.05) is 30.8 Å². The minimum atomic E-state index is -0.479. The third-order valence-corrected chi connectivity index (χ3v) is 13.1. The molecule has 1 spiro atoms. The Morgan fingerprint density at radius 1 is 0.453 bits per heavy atom. The zero-order chi connectivity index (χ0) is 34.9. The fourth-order valence-corrected chi connectivity index (χ4v) is 10.8. The second-order valence-electron chi connectivity index (χ2n) is 13.7. The van der Waals surface area contributed by atoms with Gasteiger partial charge in [-0.25, -0.2) is 0 Å². The zero-order valence-electron chi connectivity index (χ0n) is 28.7. The number of nitrogens with zero attached hydrogens (tertiary/aromatic N) is 1. The van der Waals surface area contributed by atoms with Crippen LogP contribution in [0.4, 0.5) is 28.4 Å². The molecule has 0 radical (unpaired) electrons. The Labute approximate surface area is 318 Å². The Kier molecular flexibility index (Phi) is 6.98. The van der Waals surface area contributed by atoms with Crippen molar-refractivity contribution in [1.82, 2.24) is 0 Å².